The number of rotatable bonds is 11. The molecule has 3 aliphatic rings. The van der Waals surface area contributed by atoms with E-state index in [-0.39, 0.29) is 6.61 Å². The van der Waals surface area contributed by atoms with E-state index in [0.29, 0.717) is 45.6 Å². The van der Waals surface area contributed by atoms with Crippen LogP contribution in [-0.2, 0) is 32.0 Å². The highest BCUT2D eigenvalue weighted by atomic mass is 16.6. The Hall–Kier alpha value is -3.18. The molecule has 1 aliphatic carbocycles. The van der Waals surface area contributed by atoms with Crippen molar-refractivity contribution >= 4 is 12.2 Å². The van der Waals surface area contributed by atoms with Gasteiger partial charge in [-0.2, -0.15) is 0 Å². The zero-order chi connectivity index (χ0) is 36.4. The number of ether oxygens (including phenoxy) is 4. The highest BCUT2D eigenvalue weighted by molar-refractivity contribution is 5.71. The van der Waals surface area contributed by atoms with Gasteiger partial charge in [0.2, 0.25) is 0 Å². The maximum atomic E-state index is 14.4. The van der Waals surface area contributed by atoms with E-state index in [1.165, 1.54) is 0 Å². The molecule has 2 saturated heterocycles. The van der Waals surface area contributed by atoms with Gasteiger partial charge in [0.1, 0.15) is 23.2 Å². The Morgan fingerprint density at radius 2 is 1.20 bits per heavy atom. The van der Waals surface area contributed by atoms with Crippen LogP contribution < -0.4 is 0 Å². The summed E-state index contributed by atoms with van der Waals surface area (Å²) in [4.78, 5) is 33.7. The lowest BCUT2D eigenvalue weighted by atomic mass is 9.77. The predicted molar refractivity (Wildman–Crippen MR) is 192 cm³/mol. The average molecular weight is 694 g/mol. The van der Waals surface area contributed by atoms with Crippen molar-refractivity contribution < 1.29 is 33.6 Å². The van der Waals surface area contributed by atoms with Crippen molar-refractivity contribution in [2.45, 2.75) is 147 Å². The fourth-order valence-electron chi connectivity index (χ4n) is 8.30. The summed E-state index contributed by atoms with van der Waals surface area (Å²) in [7, 11) is 0. The summed E-state index contributed by atoms with van der Waals surface area (Å²) in [6, 6.07) is 19.8. The van der Waals surface area contributed by atoms with E-state index < -0.39 is 52.5 Å². The summed E-state index contributed by atoms with van der Waals surface area (Å²) in [5, 5.41) is 12.6. The summed E-state index contributed by atoms with van der Waals surface area (Å²) in [5.41, 5.74) is -1.99. The van der Waals surface area contributed by atoms with Gasteiger partial charge in [0.05, 0.1) is 36.9 Å². The van der Waals surface area contributed by atoms with Crippen molar-refractivity contribution in [3.8, 4) is 0 Å². The normalized spacial score (nSPS) is 23.0. The molecule has 1 saturated carbocycles. The van der Waals surface area contributed by atoms with Crippen molar-refractivity contribution in [2.75, 3.05) is 19.8 Å². The SMILES string of the molecule is CC1(C)COC(C)(C)N1C(=O)OCC[C@@H]([C@@H](OC(=O)N1C(C)(C)COC1(C)C)C1(O)CCCCC1)N(Cc1ccccc1)Cc1ccccc1. The number of nitrogens with zero attached hydrogens (tertiary/aromatic N) is 3. The monoisotopic (exact) mass is 693 g/mol. The van der Waals surface area contributed by atoms with E-state index in [9.17, 15) is 14.7 Å². The molecular formula is C40H59N3O7. The molecule has 2 amide bonds. The first-order valence-corrected chi connectivity index (χ1v) is 18.3. The topological polar surface area (TPSA) is 101 Å². The molecule has 0 aromatic heterocycles. The highest BCUT2D eigenvalue weighted by Crippen LogP contribution is 2.41. The summed E-state index contributed by atoms with van der Waals surface area (Å²) in [5.74, 6) is 0. The molecule has 50 heavy (non-hydrogen) atoms. The predicted octanol–water partition coefficient (Wildman–Crippen LogP) is 7.48. The molecule has 276 valence electrons. The number of hydrogen-bond donors (Lipinski definition) is 1. The Bertz CT molecular complexity index is 1370. The second-order valence-electron chi connectivity index (χ2n) is 16.6. The lowest BCUT2D eigenvalue weighted by Crippen LogP contribution is -2.61. The second kappa shape index (κ2) is 14.8. The van der Waals surface area contributed by atoms with Crippen molar-refractivity contribution in [3.05, 3.63) is 71.8 Å². The third kappa shape index (κ3) is 8.47. The standard InChI is InChI=1S/C40H59N3O7/c1-36(2)28-48-38(5,6)42(36)34(44)47-25-22-32(41(26-30-18-12-9-13-19-30)27-31-20-14-10-15-21-31)33(40(46)23-16-11-17-24-40)50-35(45)43-37(3,4)29-49-39(43,7)8/h9-10,12-15,18-21,32-33,46H,11,16-17,22-29H2,1-8H3/t32-,33+/m0/s1. The Morgan fingerprint density at radius 3 is 1.64 bits per heavy atom. The van der Waals surface area contributed by atoms with Crippen LogP contribution in [0.5, 0.6) is 0 Å². The molecule has 2 atom stereocenters. The zero-order valence-electron chi connectivity index (χ0n) is 31.4. The summed E-state index contributed by atoms with van der Waals surface area (Å²) in [6.07, 6.45) is 2.08. The molecule has 10 heteroatoms. The molecule has 1 N–H and O–H groups in total. The van der Waals surface area contributed by atoms with E-state index in [1.54, 1.807) is 9.80 Å². The van der Waals surface area contributed by atoms with Crippen molar-refractivity contribution in [2.24, 2.45) is 0 Å². The van der Waals surface area contributed by atoms with Crippen LogP contribution in [0.1, 0.15) is 105 Å². The second-order valence-corrected chi connectivity index (χ2v) is 16.6. The first-order chi connectivity index (χ1) is 23.5. The number of aliphatic hydroxyl groups is 1. The lowest BCUT2D eigenvalue weighted by molar-refractivity contribution is -0.149. The molecule has 2 heterocycles. The van der Waals surface area contributed by atoms with Gasteiger partial charge in [-0.3, -0.25) is 14.7 Å². The van der Waals surface area contributed by atoms with Crippen LogP contribution >= 0.6 is 0 Å². The zero-order valence-corrected chi connectivity index (χ0v) is 31.4. The quantitative estimate of drug-likeness (QED) is 0.259. The molecule has 2 aliphatic heterocycles. The average Bonchev–Trinajstić information content (AvgIpc) is 3.42. The molecule has 0 radical (unpaired) electrons. The van der Waals surface area contributed by atoms with Crippen LogP contribution in [0.25, 0.3) is 0 Å². The van der Waals surface area contributed by atoms with Gasteiger partial charge in [0.25, 0.3) is 0 Å². The Morgan fingerprint density at radius 1 is 0.740 bits per heavy atom. The Kier molecular flexibility index (Phi) is 11.3. The number of benzene rings is 2. The van der Waals surface area contributed by atoms with E-state index in [0.717, 1.165) is 30.4 Å². The Balaban J connectivity index is 1.53. The summed E-state index contributed by atoms with van der Waals surface area (Å²) in [6.45, 7) is 17.2. The lowest BCUT2D eigenvalue weighted by Gasteiger charge is -2.47. The molecule has 0 bridgehead atoms. The first-order valence-electron chi connectivity index (χ1n) is 18.3. The summed E-state index contributed by atoms with van der Waals surface area (Å²) < 4.78 is 24.7. The van der Waals surface area contributed by atoms with E-state index >= 15 is 0 Å². The van der Waals surface area contributed by atoms with Crippen molar-refractivity contribution in [1.29, 1.82) is 0 Å². The molecule has 0 spiro atoms. The largest absolute Gasteiger partial charge is 0.449 e. The van der Waals surface area contributed by atoms with Gasteiger partial charge in [0, 0.05) is 19.5 Å². The molecular weight excluding hydrogens is 634 g/mol. The Labute approximate surface area is 299 Å². The van der Waals surface area contributed by atoms with E-state index in [2.05, 4.69) is 29.2 Å². The van der Waals surface area contributed by atoms with Gasteiger partial charge in [-0.15, -0.1) is 0 Å². The molecule has 2 aromatic rings. The van der Waals surface area contributed by atoms with Gasteiger partial charge in [0.15, 0.2) is 0 Å². The number of carbonyl (C=O) groups excluding carboxylic acids is 2. The third-order valence-electron chi connectivity index (χ3n) is 10.6. The van der Waals surface area contributed by atoms with Crippen LogP contribution in [0.2, 0.25) is 0 Å². The fraction of sp³-hybridized carbons (Fsp3) is 0.650. The van der Waals surface area contributed by atoms with Gasteiger partial charge in [-0.05, 0) is 79.4 Å². The molecule has 2 aromatic carbocycles. The molecule has 10 nitrogen and oxygen atoms in total. The number of amides is 2. The third-order valence-corrected chi connectivity index (χ3v) is 10.6. The smallest absolute Gasteiger partial charge is 0.413 e. The van der Waals surface area contributed by atoms with Crippen molar-refractivity contribution in [3.63, 3.8) is 0 Å². The minimum atomic E-state index is -1.28. The van der Waals surface area contributed by atoms with E-state index in [4.69, 9.17) is 18.9 Å². The van der Waals surface area contributed by atoms with E-state index in [1.807, 2.05) is 91.8 Å². The van der Waals surface area contributed by atoms with Crippen LogP contribution in [0.15, 0.2) is 60.7 Å². The molecule has 0 unspecified atom stereocenters. The molecule has 3 fully saturated rings. The summed E-state index contributed by atoms with van der Waals surface area (Å²) >= 11 is 0. The first kappa shape index (κ1) is 38.1. The maximum absolute atomic E-state index is 14.4. The van der Waals surface area contributed by atoms with Gasteiger partial charge in [-0.1, -0.05) is 79.9 Å². The van der Waals surface area contributed by atoms with Crippen LogP contribution in [0.3, 0.4) is 0 Å². The minimum absolute atomic E-state index is 0.0557. The number of carbonyl (C=O) groups is 2. The fourth-order valence-corrected chi connectivity index (χ4v) is 8.30. The number of hydrogen-bond acceptors (Lipinski definition) is 8. The molecule has 5 rings (SSSR count). The van der Waals surface area contributed by atoms with Crippen molar-refractivity contribution in [1.82, 2.24) is 14.7 Å². The van der Waals surface area contributed by atoms with Gasteiger partial charge < -0.3 is 24.1 Å². The van der Waals surface area contributed by atoms with Gasteiger partial charge in [-0.25, -0.2) is 9.59 Å². The maximum Gasteiger partial charge on any atom is 0.413 e. The van der Waals surface area contributed by atoms with Crippen LogP contribution in [0, 0.1) is 0 Å². The van der Waals surface area contributed by atoms with Crippen LogP contribution in [-0.4, -0.2) is 92.1 Å². The van der Waals surface area contributed by atoms with Gasteiger partial charge >= 0.3 is 12.2 Å². The van der Waals surface area contributed by atoms with Crippen LogP contribution in [0.4, 0.5) is 9.59 Å². The minimum Gasteiger partial charge on any atom is -0.449 e. The highest BCUT2D eigenvalue weighted by Gasteiger charge is 2.54.